The molecule has 0 radical (unpaired) electrons. The molecule has 0 fully saturated rings. The summed E-state index contributed by atoms with van der Waals surface area (Å²) in [6.07, 6.45) is -0.172. The monoisotopic (exact) mass is 200 g/mol. The molecule has 4 nitrogen and oxygen atoms in total. The van der Waals surface area contributed by atoms with E-state index in [0.29, 0.717) is 15.6 Å². The van der Waals surface area contributed by atoms with E-state index in [0.717, 1.165) is 0 Å². The minimum Gasteiger partial charge on any atom is -0.260 e. The fraction of sp³-hybridized carbons (Fsp3) is 0. The van der Waals surface area contributed by atoms with Crippen LogP contribution in [-0.4, -0.2) is 20.2 Å². The molecule has 0 amide bonds. The molecule has 10 heavy (non-hydrogen) atoms. The maximum atomic E-state index is 7.40. The second-order valence-electron chi connectivity index (χ2n) is 1.67. The van der Waals surface area contributed by atoms with Gasteiger partial charge in [0.1, 0.15) is 12.3 Å². The standard InChI is InChI=1S/C5H3BrN4/c6-4-3-1-7-2-8-5(3)10-9-4/h1-2H,(H,7,8,9,10)/i1D,2D. The fourth-order valence-electron chi connectivity index (χ4n) is 0.647. The van der Waals surface area contributed by atoms with Crippen molar-refractivity contribution in [1.82, 2.24) is 20.2 Å². The second-order valence-corrected chi connectivity index (χ2v) is 2.42. The Bertz CT molecular complexity index is 440. The van der Waals surface area contributed by atoms with E-state index in [1.807, 2.05) is 0 Å². The summed E-state index contributed by atoms with van der Waals surface area (Å²) in [5.74, 6) is 0. The molecule has 2 aromatic rings. The molecule has 0 atom stereocenters. The summed E-state index contributed by atoms with van der Waals surface area (Å²) in [5.41, 5.74) is 0.409. The highest BCUT2D eigenvalue weighted by Crippen LogP contribution is 2.16. The number of H-pyrrole nitrogens is 1. The van der Waals surface area contributed by atoms with E-state index in [-0.39, 0.29) is 12.5 Å². The average molecular weight is 201 g/mol. The van der Waals surface area contributed by atoms with Gasteiger partial charge in [0.25, 0.3) is 0 Å². The lowest BCUT2D eigenvalue weighted by Gasteiger charge is -1.82. The van der Waals surface area contributed by atoms with E-state index in [1.165, 1.54) is 0 Å². The molecule has 2 heterocycles. The zero-order chi connectivity index (χ0) is 8.72. The summed E-state index contributed by atoms with van der Waals surface area (Å²) in [6.45, 7) is 0. The van der Waals surface area contributed by atoms with Crippen LogP contribution in [0.15, 0.2) is 17.1 Å². The van der Waals surface area contributed by atoms with Crippen LogP contribution < -0.4 is 0 Å². The van der Waals surface area contributed by atoms with Gasteiger partial charge in [-0.3, -0.25) is 5.10 Å². The van der Waals surface area contributed by atoms with Crippen LogP contribution in [0, 0.1) is 0 Å². The number of halogens is 1. The molecule has 0 unspecified atom stereocenters. The first-order valence-electron chi connectivity index (χ1n) is 3.53. The summed E-state index contributed by atoms with van der Waals surface area (Å²) >= 11 is 3.14. The smallest absolute Gasteiger partial charge is 0.159 e. The summed E-state index contributed by atoms with van der Waals surface area (Å²) in [6, 6.07) is 0. The SMILES string of the molecule is [2H]c1nc([2H])c2c(Br)n[nH]c2n1. The third kappa shape index (κ3) is 0.706. The molecule has 2 aromatic heterocycles. The highest BCUT2D eigenvalue weighted by atomic mass is 79.9. The Labute approximate surface area is 67.6 Å². The van der Waals surface area contributed by atoms with Gasteiger partial charge in [0.05, 0.1) is 6.76 Å². The lowest BCUT2D eigenvalue weighted by atomic mass is 10.5. The van der Waals surface area contributed by atoms with E-state index >= 15 is 0 Å². The number of hydrogen-bond donors (Lipinski definition) is 1. The molecule has 0 bridgehead atoms. The van der Waals surface area contributed by atoms with Crippen LogP contribution in [0.2, 0.25) is 0 Å². The first-order valence-corrected chi connectivity index (χ1v) is 3.32. The molecule has 0 aliphatic heterocycles. The zero-order valence-electron chi connectivity index (χ0n) is 6.72. The molecule has 1 N–H and O–H groups in total. The van der Waals surface area contributed by atoms with Crippen LogP contribution >= 0.6 is 15.9 Å². The third-order valence-corrected chi connectivity index (χ3v) is 1.66. The van der Waals surface area contributed by atoms with Crippen LogP contribution in [0.1, 0.15) is 2.74 Å². The lowest BCUT2D eigenvalue weighted by molar-refractivity contribution is 1.07. The molecular formula is C5H3BrN4. The van der Waals surface area contributed by atoms with E-state index < -0.39 is 0 Å². The van der Waals surface area contributed by atoms with Gasteiger partial charge in [0, 0.05) is 6.17 Å². The number of rotatable bonds is 0. The number of aromatic nitrogens is 4. The van der Waals surface area contributed by atoms with Gasteiger partial charge in [0.15, 0.2) is 5.65 Å². The number of nitrogens with one attached hydrogen (secondary N) is 1. The van der Waals surface area contributed by atoms with Gasteiger partial charge in [-0.2, -0.15) is 5.10 Å². The molecule has 0 saturated carbocycles. The molecule has 0 aliphatic carbocycles. The lowest BCUT2D eigenvalue weighted by Crippen LogP contribution is -1.76. The Balaban J connectivity index is 2.93. The van der Waals surface area contributed by atoms with Gasteiger partial charge in [0.2, 0.25) is 0 Å². The van der Waals surface area contributed by atoms with Gasteiger partial charge in [-0.15, -0.1) is 0 Å². The normalized spacial score (nSPS) is 13.3. The summed E-state index contributed by atoms with van der Waals surface area (Å²) in [5, 5.41) is 6.87. The van der Waals surface area contributed by atoms with Crippen molar-refractivity contribution in [3.8, 4) is 0 Å². The van der Waals surface area contributed by atoms with Gasteiger partial charge in [-0.25, -0.2) is 9.97 Å². The zero-order valence-corrected chi connectivity index (χ0v) is 6.31. The molecule has 5 heteroatoms. The minimum atomic E-state index is -0.177. The van der Waals surface area contributed by atoms with Crippen molar-refractivity contribution < 1.29 is 2.74 Å². The van der Waals surface area contributed by atoms with Crippen LogP contribution in [0.4, 0.5) is 0 Å². The highest BCUT2D eigenvalue weighted by Gasteiger charge is 2.00. The third-order valence-electron chi connectivity index (χ3n) is 1.08. The van der Waals surface area contributed by atoms with Gasteiger partial charge in [-0.1, -0.05) is 0 Å². The Hall–Kier alpha value is -0.970. The van der Waals surface area contributed by atoms with Crippen molar-refractivity contribution >= 4 is 27.0 Å². The molecule has 50 valence electrons. The highest BCUT2D eigenvalue weighted by molar-refractivity contribution is 9.10. The first kappa shape index (κ1) is 4.02. The van der Waals surface area contributed by atoms with Crippen LogP contribution in [0.3, 0.4) is 0 Å². The average Bonchev–Trinajstić information content (AvgIpc) is 2.31. The van der Waals surface area contributed by atoms with Gasteiger partial charge in [-0.05, 0) is 15.9 Å². The number of fused-ring (bicyclic) bond motifs is 1. The summed E-state index contributed by atoms with van der Waals surface area (Å²) in [4.78, 5) is 7.31. The van der Waals surface area contributed by atoms with Crippen molar-refractivity contribution in [2.45, 2.75) is 0 Å². The second kappa shape index (κ2) is 2.02. The van der Waals surface area contributed by atoms with Crippen molar-refractivity contribution in [2.75, 3.05) is 0 Å². The fourth-order valence-corrected chi connectivity index (χ4v) is 1.01. The minimum absolute atomic E-state index is 0.00521. The van der Waals surface area contributed by atoms with Crippen LogP contribution in [0.5, 0.6) is 0 Å². The van der Waals surface area contributed by atoms with Crippen molar-refractivity contribution in [2.24, 2.45) is 0 Å². The van der Waals surface area contributed by atoms with Crippen LogP contribution in [0.25, 0.3) is 11.0 Å². The molecule has 2 rings (SSSR count). The topological polar surface area (TPSA) is 54.5 Å². The molecule has 0 spiro atoms. The van der Waals surface area contributed by atoms with Gasteiger partial charge < -0.3 is 0 Å². The van der Waals surface area contributed by atoms with Crippen molar-refractivity contribution in [3.05, 3.63) is 17.1 Å². The van der Waals surface area contributed by atoms with E-state index in [4.69, 9.17) is 2.74 Å². The predicted octanol–water partition coefficient (Wildman–Crippen LogP) is 1.12. The Morgan fingerprint density at radius 2 is 2.60 bits per heavy atom. The summed E-state index contributed by atoms with van der Waals surface area (Å²) < 4.78 is 15.0. The van der Waals surface area contributed by atoms with E-state index in [2.05, 4.69) is 36.1 Å². The van der Waals surface area contributed by atoms with Crippen molar-refractivity contribution in [1.29, 1.82) is 0 Å². The molecule has 0 aliphatic rings. The Morgan fingerprint density at radius 1 is 1.70 bits per heavy atom. The van der Waals surface area contributed by atoms with E-state index in [9.17, 15) is 0 Å². The quantitative estimate of drug-likeness (QED) is 0.694. The Morgan fingerprint density at radius 3 is 3.50 bits per heavy atom. The van der Waals surface area contributed by atoms with E-state index in [1.54, 1.807) is 0 Å². The summed E-state index contributed by atoms with van der Waals surface area (Å²) in [7, 11) is 0. The van der Waals surface area contributed by atoms with Crippen LogP contribution in [-0.2, 0) is 0 Å². The Kier molecular flexibility index (Phi) is 0.811. The number of aromatic amines is 1. The number of nitrogens with zero attached hydrogens (tertiary/aromatic N) is 3. The number of hydrogen-bond acceptors (Lipinski definition) is 3. The predicted molar refractivity (Wildman–Crippen MR) is 39.4 cm³/mol. The van der Waals surface area contributed by atoms with Gasteiger partial charge >= 0.3 is 0 Å². The van der Waals surface area contributed by atoms with Crippen molar-refractivity contribution in [3.63, 3.8) is 0 Å². The first-order chi connectivity index (χ1) is 5.68. The molecular weight excluding hydrogens is 196 g/mol. The molecule has 0 saturated heterocycles. The largest absolute Gasteiger partial charge is 0.260 e. The maximum absolute atomic E-state index is 7.40. The molecule has 0 aromatic carbocycles. The maximum Gasteiger partial charge on any atom is 0.159 e.